The first-order chi connectivity index (χ1) is 10.3. The van der Waals surface area contributed by atoms with E-state index in [2.05, 4.69) is 16.0 Å². The van der Waals surface area contributed by atoms with E-state index in [1.165, 1.54) is 0 Å². The summed E-state index contributed by atoms with van der Waals surface area (Å²) in [4.78, 5) is 23.6. The highest BCUT2D eigenvalue weighted by atomic mass is 32.1. The van der Waals surface area contributed by atoms with Crippen LogP contribution in [0.2, 0.25) is 0 Å². The lowest BCUT2D eigenvalue weighted by Crippen LogP contribution is -2.36. The van der Waals surface area contributed by atoms with Crippen LogP contribution in [-0.2, 0) is 4.79 Å². The summed E-state index contributed by atoms with van der Waals surface area (Å²) in [7, 11) is 0. The van der Waals surface area contributed by atoms with Crippen molar-refractivity contribution in [2.45, 2.75) is 40.2 Å². The third kappa shape index (κ3) is 5.81. The second kappa shape index (κ2) is 8.48. The predicted octanol–water partition coefficient (Wildman–Crippen LogP) is 2.68. The molecule has 1 rings (SSSR count). The number of hydrogen-bond donors (Lipinski definition) is 3. The largest absolute Gasteiger partial charge is 0.350 e. The molecule has 5 nitrogen and oxygen atoms in total. The van der Waals surface area contributed by atoms with E-state index in [1.54, 1.807) is 38.1 Å². The summed E-state index contributed by atoms with van der Waals surface area (Å²) in [5.74, 6) is -0.425. The van der Waals surface area contributed by atoms with Gasteiger partial charge in [0.1, 0.15) is 0 Å². The first-order valence-electron chi connectivity index (χ1n) is 7.36. The molecular formula is C16H23N3O2S. The number of amides is 2. The van der Waals surface area contributed by atoms with E-state index in [0.29, 0.717) is 11.3 Å². The monoisotopic (exact) mass is 321 g/mol. The Morgan fingerprint density at radius 3 is 2.50 bits per heavy atom. The molecule has 1 atom stereocenters. The van der Waals surface area contributed by atoms with Crippen LogP contribution in [0, 0.1) is 5.92 Å². The van der Waals surface area contributed by atoms with E-state index in [9.17, 15) is 9.59 Å². The molecule has 120 valence electrons. The summed E-state index contributed by atoms with van der Waals surface area (Å²) >= 11 is 5.09. The normalized spacial score (nSPS) is 11.7. The van der Waals surface area contributed by atoms with Crippen molar-refractivity contribution >= 4 is 34.8 Å². The first kappa shape index (κ1) is 18.1. The van der Waals surface area contributed by atoms with Gasteiger partial charge in [0.2, 0.25) is 5.91 Å². The van der Waals surface area contributed by atoms with Crippen LogP contribution in [0.1, 0.15) is 44.5 Å². The zero-order valence-corrected chi connectivity index (χ0v) is 14.2. The number of carbonyl (C=O) groups excluding carboxylic acids is 2. The molecule has 2 amide bonds. The quantitative estimate of drug-likeness (QED) is 0.729. The van der Waals surface area contributed by atoms with Gasteiger partial charge >= 0.3 is 0 Å². The van der Waals surface area contributed by atoms with E-state index in [-0.39, 0.29) is 28.9 Å². The molecule has 0 aliphatic carbocycles. The van der Waals surface area contributed by atoms with Gasteiger partial charge in [0, 0.05) is 23.2 Å². The number of nitrogens with one attached hydrogen (secondary N) is 3. The Hall–Kier alpha value is -1.95. The molecule has 0 bridgehead atoms. The van der Waals surface area contributed by atoms with E-state index in [0.717, 1.165) is 6.42 Å². The Bertz CT molecular complexity index is 558. The number of anilines is 1. The summed E-state index contributed by atoms with van der Waals surface area (Å²) in [5, 5.41) is 8.63. The molecule has 1 aromatic carbocycles. The zero-order chi connectivity index (χ0) is 16.7. The Labute approximate surface area is 136 Å². The Balaban J connectivity index is 2.70. The summed E-state index contributed by atoms with van der Waals surface area (Å²) in [6, 6.07) is 7.11. The fourth-order valence-electron chi connectivity index (χ4n) is 1.57. The van der Waals surface area contributed by atoms with E-state index in [4.69, 9.17) is 12.2 Å². The van der Waals surface area contributed by atoms with Crippen molar-refractivity contribution in [3.05, 3.63) is 29.8 Å². The summed E-state index contributed by atoms with van der Waals surface area (Å²) in [5.41, 5.74) is 1.20. The number of benzene rings is 1. The fraction of sp³-hybridized carbons (Fsp3) is 0.438. The Kier molecular flexibility index (Phi) is 6.98. The van der Waals surface area contributed by atoms with Gasteiger partial charge in [-0.05, 0) is 43.8 Å². The van der Waals surface area contributed by atoms with Gasteiger partial charge in [0.15, 0.2) is 5.11 Å². The maximum atomic E-state index is 12.1. The molecular weight excluding hydrogens is 298 g/mol. The predicted molar refractivity (Wildman–Crippen MR) is 92.9 cm³/mol. The highest BCUT2D eigenvalue weighted by Gasteiger charge is 2.11. The molecule has 0 radical (unpaired) electrons. The van der Waals surface area contributed by atoms with Gasteiger partial charge in [-0.2, -0.15) is 0 Å². The van der Waals surface area contributed by atoms with E-state index < -0.39 is 0 Å². The first-order valence-corrected chi connectivity index (χ1v) is 7.77. The molecule has 0 aliphatic rings. The molecule has 6 heteroatoms. The molecule has 0 saturated heterocycles. The molecule has 1 unspecified atom stereocenters. The molecule has 0 heterocycles. The third-order valence-corrected chi connectivity index (χ3v) is 3.34. The molecule has 0 aliphatic heterocycles. The highest BCUT2D eigenvalue weighted by molar-refractivity contribution is 7.80. The van der Waals surface area contributed by atoms with Crippen molar-refractivity contribution in [2.24, 2.45) is 5.92 Å². The zero-order valence-electron chi connectivity index (χ0n) is 13.4. The van der Waals surface area contributed by atoms with Crippen LogP contribution in [0.15, 0.2) is 24.3 Å². The molecule has 0 saturated carbocycles. The van der Waals surface area contributed by atoms with Gasteiger partial charge in [-0.15, -0.1) is 0 Å². The molecule has 3 N–H and O–H groups in total. The number of rotatable bonds is 5. The number of hydrogen-bond acceptors (Lipinski definition) is 3. The molecule has 0 spiro atoms. The van der Waals surface area contributed by atoms with Crippen molar-refractivity contribution in [2.75, 3.05) is 5.32 Å². The van der Waals surface area contributed by atoms with E-state index >= 15 is 0 Å². The van der Waals surface area contributed by atoms with Crippen molar-refractivity contribution in [1.29, 1.82) is 0 Å². The van der Waals surface area contributed by atoms with Gasteiger partial charge in [-0.1, -0.05) is 26.8 Å². The minimum absolute atomic E-state index is 0.121. The lowest BCUT2D eigenvalue weighted by Gasteiger charge is -2.13. The SMILES string of the molecule is CCC(C)NC(=O)c1cccc(NC(=S)NC(=O)C(C)C)c1. The number of carbonyl (C=O) groups is 2. The Morgan fingerprint density at radius 2 is 1.91 bits per heavy atom. The van der Waals surface area contributed by atoms with Crippen molar-refractivity contribution in [3.8, 4) is 0 Å². The van der Waals surface area contributed by atoms with Crippen LogP contribution in [0.5, 0.6) is 0 Å². The highest BCUT2D eigenvalue weighted by Crippen LogP contribution is 2.11. The molecule has 0 fully saturated rings. The number of thiocarbonyl (C=S) groups is 1. The van der Waals surface area contributed by atoms with E-state index in [1.807, 2.05) is 13.8 Å². The van der Waals surface area contributed by atoms with Gasteiger partial charge in [0.25, 0.3) is 5.91 Å². The van der Waals surface area contributed by atoms with Gasteiger partial charge in [-0.25, -0.2) is 0 Å². The standard InChI is InChI=1S/C16H23N3O2S/c1-5-11(4)17-15(21)12-7-6-8-13(9-12)18-16(22)19-14(20)10(2)3/h6-11H,5H2,1-4H3,(H,17,21)(H2,18,19,20,22). The minimum atomic E-state index is -0.150. The Morgan fingerprint density at radius 1 is 1.23 bits per heavy atom. The van der Waals surface area contributed by atoms with Crippen LogP contribution in [0.25, 0.3) is 0 Å². The van der Waals surface area contributed by atoms with Crippen LogP contribution < -0.4 is 16.0 Å². The smallest absolute Gasteiger partial charge is 0.251 e. The van der Waals surface area contributed by atoms with Crippen molar-refractivity contribution in [1.82, 2.24) is 10.6 Å². The average Bonchev–Trinajstić information content (AvgIpc) is 2.46. The maximum Gasteiger partial charge on any atom is 0.251 e. The lowest BCUT2D eigenvalue weighted by molar-refractivity contribution is -0.122. The van der Waals surface area contributed by atoms with Crippen LogP contribution >= 0.6 is 12.2 Å². The van der Waals surface area contributed by atoms with Gasteiger partial charge in [-0.3, -0.25) is 9.59 Å². The van der Waals surface area contributed by atoms with Crippen molar-refractivity contribution < 1.29 is 9.59 Å². The second-order valence-electron chi connectivity index (χ2n) is 5.46. The van der Waals surface area contributed by atoms with Gasteiger partial charge in [0.05, 0.1) is 0 Å². The van der Waals surface area contributed by atoms with Crippen LogP contribution in [-0.4, -0.2) is 23.0 Å². The summed E-state index contributed by atoms with van der Waals surface area (Å²) in [6.07, 6.45) is 0.870. The summed E-state index contributed by atoms with van der Waals surface area (Å²) in [6.45, 7) is 7.55. The van der Waals surface area contributed by atoms with Gasteiger partial charge < -0.3 is 16.0 Å². The summed E-state index contributed by atoms with van der Waals surface area (Å²) < 4.78 is 0. The van der Waals surface area contributed by atoms with Crippen LogP contribution in [0.3, 0.4) is 0 Å². The van der Waals surface area contributed by atoms with Crippen molar-refractivity contribution in [3.63, 3.8) is 0 Å². The topological polar surface area (TPSA) is 70.2 Å². The average molecular weight is 321 g/mol. The molecule has 1 aromatic rings. The third-order valence-electron chi connectivity index (χ3n) is 3.13. The lowest BCUT2D eigenvalue weighted by atomic mass is 10.1. The second-order valence-corrected chi connectivity index (χ2v) is 5.87. The fourth-order valence-corrected chi connectivity index (χ4v) is 1.78. The molecule has 22 heavy (non-hydrogen) atoms. The minimum Gasteiger partial charge on any atom is -0.350 e. The van der Waals surface area contributed by atoms with Crippen LogP contribution in [0.4, 0.5) is 5.69 Å². The molecule has 0 aromatic heterocycles. The maximum absolute atomic E-state index is 12.1.